The molecule has 0 aliphatic rings. The van der Waals surface area contributed by atoms with Gasteiger partial charge in [-0.2, -0.15) is 0 Å². The molecule has 7 nitrogen and oxygen atoms in total. The Labute approximate surface area is 165 Å². The Morgan fingerprint density at radius 3 is 2.32 bits per heavy atom. The van der Waals surface area contributed by atoms with E-state index in [1.54, 1.807) is 13.8 Å². The monoisotopic (exact) mass is 405 g/mol. The van der Waals surface area contributed by atoms with Gasteiger partial charge in [-0.3, -0.25) is 9.59 Å². The number of rotatable bonds is 6. The van der Waals surface area contributed by atoms with Gasteiger partial charge in [0.1, 0.15) is 0 Å². The molecule has 0 bridgehead atoms. The molecule has 0 fully saturated rings. The van der Waals surface area contributed by atoms with Gasteiger partial charge in [0.25, 0.3) is 11.5 Å². The first-order valence-electron chi connectivity index (χ1n) is 8.99. The molecule has 2 aromatic rings. The van der Waals surface area contributed by atoms with Crippen LogP contribution in [0.1, 0.15) is 46.6 Å². The molecule has 0 aliphatic heterocycles. The van der Waals surface area contributed by atoms with Crippen LogP contribution in [-0.4, -0.2) is 31.6 Å². The van der Waals surface area contributed by atoms with Crippen molar-refractivity contribution < 1.29 is 13.2 Å². The van der Waals surface area contributed by atoms with E-state index in [2.05, 4.69) is 15.6 Å². The Morgan fingerprint density at radius 2 is 1.79 bits per heavy atom. The number of carbonyl (C=O) groups excluding carboxylic acids is 1. The smallest absolute Gasteiger partial charge is 0.253 e. The van der Waals surface area contributed by atoms with E-state index in [1.807, 2.05) is 26.8 Å². The van der Waals surface area contributed by atoms with Gasteiger partial charge >= 0.3 is 0 Å². The van der Waals surface area contributed by atoms with Gasteiger partial charge < -0.3 is 15.6 Å². The van der Waals surface area contributed by atoms with E-state index >= 15 is 0 Å². The van der Waals surface area contributed by atoms with Crippen LogP contribution in [0.3, 0.4) is 0 Å². The minimum atomic E-state index is -3.49. The van der Waals surface area contributed by atoms with E-state index in [9.17, 15) is 18.0 Å². The molecule has 0 saturated carbocycles. The topological polar surface area (TPSA) is 108 Å². The third-order valence-corrected chi connectivity index (χ3v) is 5.51. The lowest BCUT2D eigenvalue weighted by atomic mass is 10.0. The third-order valence-electron chi connectivity index (χ3n) is 4.42. The van der Waals surface area contributed by atoms with E-state index < -0.39 is 15.7 Å². The summed E-state index contributed by atoms with van der Waals surface area (Å²) in [6, 6.07) is 4.81. The predicted octanol–water partition coefficient (Wildman–Crippen LogP) is 2.45. The summed E-state index contributed by atoms with van der Waals surface area (Å²) in [5.41, 5.74) is 3.25. The highest BCUT2D eigenvalue weighted by Gasteiger charge is 2.19. The summed E-state index contributed by atoms with van der Waals surface area (Å²) in [6.45, 7) is 9.27. The van der Waals surface area contributed by atoms with Crippen LogP contribution < -0.4 is 16.2 Å². The fourth-order valence-corrected chi connectivity index (χ4v) is 3.63. The van der Waals surface area contributed by atoms with Gasteiger partial charge in [0.2, 0.25) is 0 Å². The minimum absolute atomic E-state index is 0.0514. The van der Waals surface area contributed by atoms with Gasteiger partial charge in [0.15, 0.2) is 9.84 Å². The van der Waals surface area contributed by atoms with Gasteiger partial charge in [-0.05, 0) is 63.9 Å². The first kappa shape index (κ1) is 21.7. The molecule has 2 rings (SSSR count). The summed E-state index contributed by atoms with van der Waals surface area (Å²) in [5.74, 6) is -0.436. The van der Waals surface area contributed by atoms with Crippen molar-refractivity contribution in [2.24, 2.45) is 0 Å². The second-order valence-electron chi connectivity index (χ2n) is 7.34. The zero-order chi connectivity index (χ0) is 21.2. The van der Waals surface area contributed by atoms with Crippen molar-refractivity contribution in [1.29, 1.82) is 0 Å². The average molecular weight is 406 g/mol. The lowest BCUT2D eigenvalue weighted by Crippen LogP contribution is -2.29. The van der Waals surface area contributed by atoms with Crippen molar-refractivity contribution >= 4 is 21.4 Å². The fraction of sp³-hybridized carbons (Fsp3) is 0.400. The highest BCUT2D eigenvalue weighted by atomic mass is 32.2. The molecule has 1 amide bonds. The average Bonchev–Trinajstić information content (AvgIpc) is 2.54. The summed E-state index contributed by atoms with van der Waals surface area (Å²) in [7, 11) is -3.49. The number of H-pyrrole nitrogens is 1. The van der Waals surface area contributed by atoms with E-state index in [-0.39, 0.29) is 28.6 Å². The summed E-state index contributed by atoms with van der Waals surface area (Å²) in [5, 5.41) is 5.91. The zero-order valence-electron chi connectivity index (χ0n) is 17.1. The Kier molecular flexibility index (Phi) is 6.34. The molecule has 1 aromatic heterocycles. The van der Waals surface area contributed by atoms with E-state index in [4.69, 9.17) is 0 Å². The second-order valence-corrected chi connectivity index (χ2v) is 9.36. The van der Waals surface area contributed by atoms with Crippen LogP contribution in [0.2, 0.25) is 0 Å². The third kappa shape index (κ3) is 5.01. The number of nitrogens with one attached hydrogen (secondary N) is 3. The second kappa shape index (κ2) is 8.18. The van der Waals surface area contributed by atoms with E-state index in [1.165, 1.54) is 12.1 Å². The number of hydrogen-bond donors (Lipinski definition) is 3. The van der Waals surface area contributed by atoms with Gasteiger partial charge in [-0.25, -0.2) is 8.42 Å². The lowest BCUT2D eigenvalue weighted by molar-refractivity contribution is 0.0950. The van der Waals surface area contributed by atoms with Crippen molar-refractivity contribution in [3.8, 4) is 0 Å². The number of amides is 1. The standard InChI is InChI=1S/C20H27N3O4S/c1-11(2)22-18-9-15(28(6,26)27)8-16(14(18)5)19(24)21-10-17-12(3)7-13(4)23-20(17)25/h7-9,11,22H,10H2,1-6H3,(H,21,24)(H,23,25). The molecule has 8 heteroatoms. The molecule has 0 unspecified atom stereocenters. The molecule has 3 N–H and O–H groups in total. The molecule has 0 atom stereocenters. The van der Waals surface area contributed by atoms with E-state index in [0.29, 0.717) is 16.8 Å². The Morgan fingerprint density at radius 1 is 1.14 bits per heavy atom. The summed E-state index contributed by atoms with van der Waals surface area (Å²) < 4.78 is 24.1. The quantitative estimate of drug-likeness (QED) is 0.684. The van der Waals surface area contributed by atoms with Crippen LogP contribution in [0.5, 0.6) is 0 Å². The van der Waals surface area contributed by atoms with Gasteiger partial charge in [-0.15, -0.1) is 0 Å². The first-order chi connectivity index (χ1) is 12.9. The molecule has 28 heavy (non-hydrogen) atoms. The number of aryl methyl sites for hydroxylation is 2. The maximum absolute atomic E-state index is 12.8. The van der Waals surface area contributed by atoms with Gasteiger partial charge in [-0.1, -0.05) is 0 Å². The molecule has 0 spiro atoms. The van der Waals surface area contributed by atoms with Crippen molar-refractivity contribution in [2.45, 2.75) is 52.1 Å². The van der Waals surface area contributed by atoms with Crippen molar-refractivity contribution in [1.82, 2.24) is 10.3 Å². The summed E-state index contributed by atoms with van der Waals surface area (Å²) in [4.78, 5) is 27.7. The van der Waals surface area contributed by atoms with Crippen LogP contribution in [0.25, 0.3) is 0 Å². The number of pyridine rings is 1. The first-order valence-corrected chi connectivity index (χ1v) is 10.9. The molecule has 0 aliphatic carbocycles. The van der Waals surface area contributed by atoms with Crippen molar-refractivity contribution in [2.75, 3.05) is 11.6 Å². The maximum atomic E-state index is 12.8. The predicted molar refractivity (Wildman–Crippen MR) is 111 cm³/mol. The lowest BCUT2D eigenvalue weighted by Gasteiger charge is -2.17. The largest absolute Gasteiger partial charge is 0.383 e. The number of anilines is 1. The molecule has 1 aromatic carbocycles. The highest BCUT2D eigenvalue weighted by Crippen LogP contribution is 2.25. The molecule has 0 radical (unpaired) electrons. The molecular formula is C20H27N3O4S. The van der Waals surface area contributed by atoms with Crippen LogP contribution in [-0.2, 0) is 16.4 Å². The number of aromatic nitrogens is 1. The number of carbonyl (C=O) groups is 1. The number of benzene rings is 1. The Balaban J connectivity index is 2.40. The normalized spacial score (nSPS) is 11.5. The minimum Gasteiger partial charge on any atom is -0.383 e. The van der Waals surface area contributed by atoms with Crippen LogP contribution >= 0.6 is 0 Å². The summed E-state index contributed by atoms with van der Waals surface area (Å²) >= 11 is 0. The van der Waals surface area contributed by atoms with Crippen LogP contribution in [0.15, 0.2) is 27.9 Å². The van der Waals surface area contributed by atoms with Gasteiger partial charge in [0, 0.05) is 41.4 Å². The highest BCUT2D eigenvalue weighted by molar-refractivity contribution is 7.90. The Hall–Kier alpha value is -2.61. The maximum Gasteiger partial charge on any atom is 0.253 e. The Bertz CT molecular complexity index is 1070. The number of hydrogen-bond acceptors (Lipinski definition) is 5. The van der Waals surface area contributed by atoms with Crippen molar-refractivity contribution in [3.05, 3.63) is 56.5 Å². The van der Waals surface area contributed by atoms with Gasteiger partial charge in [0.05, 0.1) is 4.90 Å². The molecule has 1 heterocycles. The van der Waals surface area contributed by atoms with Crippen LogP contribution in [0, 0.1) is 20.8 Å². The van der Waals surface area contributed by atoms with Crippen molar-refractivity contribution in [3.63, 3.8) is 0 Å². The molecular weight excluding hydrogens is 378 g/mol. The SMILES string of the molecule is Cc1cc(C)c(CNC(=O)c2cc(S(C)(=O)=O)cc(NC(C)C)c2C)c(=O)[nH]1. The zero-order valence-corrected chi connectivity index (χ0v) is 17.9. The van der Waals surface area contributed by atoms with E-state index in [0.717, 1.165) is 17.5 Å². The number of aromatic amines is 1. The fourth-order valence-electron chi connectivity index (χ4n) is 2.96. The molecule has 152 valence electrons. The summed E-state index contributed by atoms with van der Waals surface area (Å²) in [6.07, 6.45) is 1.10. The number of sulfone groups is 1. The van der Waals surface area contributed by atoms with Crippen LogP contribution in [0.4, 0.5) is 5.69 Å². The molecule has 0 saturated heterocycles.